The molecule has 0 radical (unpaired) electrons. The molecule has 0 unspecified atom stereocenters. The minimum Gasteiger partial charge on any atom is -0.309 e. The van der Waals surface area contributed by atoms with Crippen molar-refractivity contribution < 1.29 is 9.59 Å². The molecule has 1 fully saturated rings. The number of carbonyl (C=O) groups excluding carboxylic acids is 2. The number of rotatable bonds is 1. The summed E-state index contributed by atoms with van der Waals surface area (Å²) in [5.74, 6) is 0. The number of amides is 4. The van der Waals surface area contributed by atoms with Gasteiger partial charge in [-0.05, 0) is 6.92 Å². The Balaban J connectivity index is 2.95. The largest absolute Gasteiger partial charge is 0.333 e. The molecule has 5 nitrogen and oxygen atoms in total. The second kappa shape index (κ2) is 3.08. The lowest BCUT2D eigenvalue weighted by Gasteiger charge is -2.37. The minimum absolute atomic E-state index is 0.321. The summed E-state index contributed by atoms with van der Waals surface area (Å²) < 4.78 is 0. The van der Waals surface area contributed by atoms with Crippen LogP contribution >= 0.6 is 0 Å². The SMILES string of the molecule is C=C(C)N1C(=O)N(C)CN(C)C1=O. The van der Waals surface area contributed by atoms with Crippen LogP contribution in [0.3, 0.4) is 0 Å². The van der Waals surface area contributed by atoms with E-state index in [1.165, 1.54) is 9.80 Å². The molecule has 0 spiro atoms. The Kier molecular flexibility index (Phi) is 2.27. The Hall–Kier alpha value is -1.52. The second-order valence-corrected chi connectivity index (χ2v) is 3.17. The fraction of sp³-hybridized carbons (Fsp3) is 0.500. The standard InChI is InChI=1S/C8H13N3O2/c1-6(2)11-7(12)9(3)5-10(4)8(11)13/h1,5H2,2-4H3. The molecule has 1 heterocycles. The normalized spacial score (nSPS) is 18.2. The topological polar surface area (TPSA) is 43.9 Å². The first-order valence-electron chi connectivity index (χ1n) is 3.91. The van der Waals surface area contributed by atoms with Crippen LogP contribution in [0, 0.1) is 0 Å². The van der Waals surface area contributed by atoms with Gasteiger partial charge in [-0.15, -0.1) is 0 Å². The van der Waals surface area contributed by atoms with E-state index in [1.807, 2.05) is 0 Å². The fourth-order valence-electron chi connectivity index (χ4n) is 1.19. The van der Waals surface area contributed by atoms with E-state index in [2.05, 4.69) is 6.58 Å². The fourth-order valence-corrected chi connectivity index (χ4v) is 1.19. The van der Waals surface area contributed by atoms with Crippen LogP contribution in [0.2, 0.25) is 0 Å². The Bertz CT molecular complexity index is 255. The minimum atomic E-state index is -0.324. The molecule has 0 N–H and O–H groups in total. The zero-order valence-electron chi connectivity index (χ0n) is 8.07. The summed E-state index contributed by atoms with van der Waals surface area (Å²) in [5.41, 5.74) is 0.438. The number of imide groups is 1. The zero-order chi connectivity index (χ0) is 10.2. The Morgan fingerprint density at radius 1 is 1.23 bits per heavy atom. The molecule has 0 bridgehead atoms. The molecule has 72 valence electrons. The molecule has 1 rings (SSSR count). The summed E-state index contributed by atoms with van der Waals surface area (Å²) in [6, 6.07) is -0.647. The van der Waals surface area contributed by atoms with E-state index in [-0.39, 0.29) is 12.1 Å². The van der Waals surface area contributed by atoms with Crippen molar-refractivity contribution in [3.63, 3.8) is 0 Å². The van der Waals surface area contributed by atoms with Gasteiger partial charge >= 0.3 is 12.1 Å². The number of hydrogen-bond acceptors (Lipinski definition) is 2. The third-order valence-electron chi connectivity index (χ3n) is 1.84. The monoisotopic (exact) mass is 183 g/mol. The van der Waals surface area contributed by atoms with E-state index in [0.29, 0.717) is 12.4 Å². The maximum atomic E-state index is 11.5. The molecular weight excluding hydrogens is 170 g/mol. The van der Waals surface area contributed by atoms with Crippen LogP contribution in [0.5, 0.6) is 0 Å². The van der Waals surface area contributed by atoms with Gasteiger partial charge in [0.2, 0.25) is 0 Å². The van der Waals surface area contributed by atoms with Crippen molar-refractivity contribution in [1.29, 1.82) is 0 Å². The molecule has 0 aromatic rings. The van der Waals surface area contributed by atoms with Crippen LogP contribution in [0.1, 0.15) is 6.92 Å². The van der Waals surface area contributed by atoms with E-state index >= 15 is 0 Å². The van der Waals surface area contributed by atoms with E-state index in [4.69, 9.17) is 0 Å². The molecule has 1 saturated heterocycles. The first-order chi connectivity index (χ1) is 5.95. The zero-order valence-corrected chi connectivity index (χ0v) is 8.07. The van der Waals surface area contributed by atoms with Crippen LogP contribution in [0.4, 0.5) is 9.59 Å². The number of carbonyl (C=O) groups is 2. The Morgan fingerprint density at radius 3 is 1.92 bits per heavy atom. The van der Waals surface area contributed by atoms with Gasteiger partial charge < -0.3 is 9.80 Å². The van der Waals surface area contributed by atoms with E-state index < -0.39 is 0 Å². The predicted molar refractivity (Wildman–Crippen MR) is 47.8 cm³/mol. The van der Waals surface area contributed by atoms with Crippen LogP contribution < -0.4 is 0 Å². The van der Waals surface area contributed by atoms with Gasteiger partial charge in [0.05, 0.1) is 6.67 Å². The van der Waals surface area contributed by atoms with Gasteiger partial charge in [-0.3, -0.25) is 0 Å². The van der Waals surface area contributed by atoms with Gasteiger partial charge in [0, 0.05) is 19.8 Å². The van der Waals surface area contributed by atoms with Crippen LogP contribution in [0.25, 0.3) is 0 Å². The molecular formula is C8H13N3O2. The van der Waals surface area contributed by atoms with Crippen molar-refractivity contribution in [3.8, 4) is 0 Å². The van der Waals surface area contributed by atoms with Crippen molar-refractivity contribution in [1.82, 2.24) is 14.7 Å². The van der Waals surface area contributed by atoms with Gasteiger partial charge in [-0.2, -0.15) is 0 Å². The van der Waals surface area contributed by atoms with E-state index in [9.17, 15) is 9.59 Å². The Morgan fingerprint density at radius 2 is 1.62 bits per heavy atom. The summed E-state index contributed by atoms with van der Waals surface area (Å²) in [7, 11) is 3.28. The summed E-state index contributed by atoms with van der Waals surface area (Å²) in [6.07, 6.45) is 0. The molecule has 0 atom stereocenters. The summed E-state index contributed by atoms with van der Waals surface area (Å²) in [4.78, 5) is 26.9. The molecule has 1 aliphatic rings. The first-order valence-corrected chi connectivity index (χ1v) is 3.91. The molecule has 4 amide bonds. The van der Waals surface area contributed by atoms with Gasteiger partial charge in [-0.1, -0.05) is 6.58 Å². The van der Waals surface area contributed by atoms with Gasteiger partial charge in [0.15, 0.2) is 0 Å². The van der Waals surface area contributed by atoms with Gasteiger partial charge in [0.25, 0.3) is 0 Å². The lowest BCUT2D eigenvalue weighted by Crippen LogP contribution is -2.57. The van der Waals surface area contributed by atoms with E-state index in [0.717, 1.165) is 4.90 Å². The lowest BCUT2D eigenvalue weighted by atomic mass is 10.4. The van der Waals surface area contributed by atoms with Gasteiger partial charge in [0.1, 0.15) is 0 Å². The average Bonchev–Trinajstić information content (AvgIpc) is 2.01. The van der Waals surface area contributed by atoms with Crippen molar-refractivity contribution in [2.75, 3.05) is 20.8 Å². The highest BCUT2D eigenvalue weighted by Crippen LogP contribution is 2.13. The number of urea groups is 2. The van der Waals surface area contributed by atoms with Crippen LogP contribution in [-0.2, 0) is 0 Å². The molecule has 0 saturated carbocycles. The van der Waals surface area contributed by atoms with Crippen molar-refractivity contribution >= 4 is 12.1 Å². The van der Waals surface area contributed by atoms with Crippen molar-refractivity contribution in [2.45, 2.75) is 6.92 Å². The third kappa shape index (κ3) is 1.49. The van der Waals surface area contributed by atoms with Crippen molar-refractivity contribution in [3.05, 3.63) is 12.3 Å². The smallest absolute Gasteiger partial charge is 0.309 e. The first kappa shape index (κ1) is 9.57. The summed E-state index contributed by atoms with van der Waals surface area (Å²) in [5, 5.41) is 0. The van der Waals surface area contributed by atoms with Gasteiger partial charge in [-0.25, -0.2) is 14.5 Å². The molecule has 0 aliphatic carbocycles. The van der Waals surface area contributed by atoms with Crippen LogP contribution in [-0.4, -0.2) is 47.5 Å². The third-order valence-corrected chi connectivity index (χ3v) is 1.84. The number of allylic oxidation sites excluding steroid dienone is 1. The van der Waals surface area contributed by atoms with E-state index in [1.54, 1.807) is 21.0 Å². The lowest BCUT2D eigenvalue weighted by molar-refractivity contribution is 0.109. The summed E-state index contributed by atoms with van der Waals surface area (Å²) in [6.45, 7) is 5.53. The second-order valence-electron chi connectivity index (χ2n) is 3.17. The average molecular weight is 183 g/mol. The highest BCUT2D eigenvalue weighted by Gasteiger charge is 2.33. The molecule has 0 aromatic carbocycles. The number of nitrogens with zero attached hydrogens (tertiary/aromatic N) is 3. The maximum absolute atomic E-state index is 11.5. The quantitative estimate of drug-likeness (QED) is 0.606. The highest BCUT2D eigenvalue weighted by atomic mass is 16.2. The molecule has 13 heavy (non-hydrogen) atoms. The highest BCUT2D eigenvalue weighted by molar-refractivity contribution is 5.97. The molecule has 1 aliphatic heterocycles. The molecule has 0 aromatic heterocycles. The molecule has 5 heteroatoms. The van der Waals surface area contributed by atoms with Crippen LogP contribution in [0.15, 0.2) is 12.3 Å². The van der Waals surface area contributed by atoms with Crippen molar-refractivity contribution in [2.24, 2.45) is 0 Å². The summed E-state index contributed by atoms with van der Waals surface area (Å²) >= 11 is 0. The maximum Gasteiger partial charge on any atom is 0.333 e. The predicted octanol–water partition coefficient (Wildman–Crippen LogP) is 0.897. The Labute approximate surface area is 77.2 Å². The number of hydrogen-bond donors (Lipinski definition) is 0.